The van der Waals surface area contributed by atoms with Gasteiger partial charge in [0.15, 0.2) is 11.5 Å². The summed E-state index contributed by atoms with van der Waals surface area (Å²) >= 11 is 0. The van der Waals surface area contributed by atoms with Crippen LogP contribution >= 0.6 is 0 Å². The van der Waals surface area contributed by atoms with Crippen molar-refractivity contribution in [2.45, 2.75) is 13.0 Å². The summed E-state index contributed by atoms with van der Waals surface area (Å²) in [6.07, 6.45) is 0.951. The van der Waals surface area contributed by atoms with Gasteiger partial charge in [0.25, 0.3) is 0 Å². The molecule has 4 heteroatoms. The molecule has 0 aliphatic carbocycles. The molecule has 0 saturated carbocycles. The van der Waals surface area contributed by atoms with E-state index in [-0.39, 0.29) is 5.75 Å². The number of benzene rings is 1. The van der Waals surface area contributed by atoms with E-state index in [0.717, 1.165) is 25.1 Å². The first kappa shape index (κ1) is 10.1. The van der Waals surface area contributed by atoms with E-state index in [4.69, 9.17) is 10.5 Å². The second-order valence-corrected chi connectivity index (χ2v) is 3.97. The molecule has 0 atom stereocenters. The van der Waals surface area contributed by atoms with Crippen LogP contribution < -0.4 is 10.5 Å². The predicted octanol–water partition coefficient (Wildman–Crippen LogP) is 0.971. The van der Waals surface area contributed by atoms with E-state index in [1.54, 1.807) is 0 Å². The van der Waals surface area contributed by atoms with Crippen LogP contribution in [0, 0.1) is 0 Å². The van der Waals surface area contributed by atoms with Crippen LogP contribution in [0.1, 0.15) is 11.1 Å². The standard InChI is InChI=1S/C11H16N2O2/c1-13-4-3-7-5-9(15-2)11(14)10(12)8(7)6-13/h5,14H,3-4,6,12H2,1-2H3. The van der Waals surface area contributed by atoms with Gasteiger partial charge in [-0.2, -0.15) is 0 Å². The van der Waals surface area contributed by atoms with E-state index < -0.39 is 0 Å². The Labute approximate surface area is 89.3 Å². The highest BCUT2D eigenvalue weighted by atomic mass is 16.5. The fourth-order valence-electron chi connectivity index (χ4n) is 1.99. The summed E-state index contributed by atoms with van der Waals surface area (Å²) in [4.78, 5) is 2.19. The maximum absolute atomic E-state index is 9.77. The van der Waals surface area contributed by atoms with E-state index in [1.807, 2.05) is 13.1 Å². The Morgan fingerprint density at radius 2 is 2.27 bits per heavy atom. The molecule has 0 amide bonds. The van der Waals surface area contributed by atoms with Crippen molar-refractivity contribution in [3.63, 3.8) is 0 Å². The smallest absolute Gasteiger partial charge is 0.181 e. The molecule has 3 N–H and O–H groups in total. The summed E-state index contributed by atoms with van der Waals surface area (Å²) in [6, 6.07) is 1.88. The molecule has 0 saturated heterocycles. The lowest BCUT2D eigenvalue weighted by atomic mass is 9.97. The maximum Gasteiger partial charge on any atom is 0.181 e. The first-order valence-corrected chi connectivity index (χ1v) is 4.99. The average molecular weight is 208 g/mol. The molecule has 4 nitrogen and oxygen atoms in total. The second kappa shape index (κ2) is 3.62. The third kappa shape index (κ3) is 1.61. The average Bonchev–Trinajstić information content (AvgIpc) is 2.24. The number of phenols is 1. The van der Waals surface area contributed by atoms with Crippen molar-refractivity contribution in [1.29, 1.82) is 0 Å². The third-order valence-electron chi connectivity index (χ3n) is 2.92. The van der Waals surface area contributed by atoms with Crippen LogP contribution in [-0.2, 0) is 13.0 Å². The van der Waals surface area contributed by atoms with E-state index in [9.17, 15) is 5.11 Å². The number of methoxy groups -OCH3 is 1. The normalized spacial score (nSPS) is 16.1. The van der Waals surface area contributed by atoms with Crippen molar-refractivity contribution in [1.82, 2.24) is 4.90 Å². The van der Waals surface area contributed by atoms with E-state index in [1.165, 1.54) is 12.7 Å². The van der Waals surface area contributed by atoms with Gasteiger partial charge in [-0.1, -0.05) is 0 Å². The highest BCUT2D eigenvalue weighted by Gasteiger charge is 2.20. The van der Waals surface area contributed by atoms with Gasteiger partial charge in [-0.25, -0.2) is 0 Å². The third-order valence-corrected chi connectivity index (χ3v) is 2.92. The molecule has 82 valence electrons. The zero-order valence-electron chi connectivity index (χ0n) is 9.08. The van der Waals surface area contributed by atoms with Crippen LogP contribution in [0.2, 0.25) is 0 Å². The zero-order valence-corrected chi connectivity index (χ0v) is 9.08. The minimum absolute atomic E-state index is 0.0616. The number of aromatic hydroxyl groups is 1. The van der Waals surface area contributed by atoms with Crippen LogP contribution in [-0.4, -0.2) is 30.7 Å². The molecular weight excluding hydrogens is 192 g/mol. The number of nitrogens with two attached hydrogens (primary N) is 1. The molecule has 1 aliphatic heterocycles. The van der Waals surface area contributed by atoms with Crippen molar-refractivity contribution < 1.29 is 9.84 Å². The van der Waals surface area contributed by atoms with E-state index in [2.05, 4.69) is 4.90 Å². The summed E-state index contributed by atoms with van der Waals surface area (Å²) in [5, 5.41) is 9.77. The van der Waals surface area contributed by atoms with Crippen LogP contribution in [0.5, 0.6) is 11.5 Å². The molecule has 1 heterocycles. The van der Waals surface area contributed by atoms with Crippen LogP contribution in [0.25, 0.3) is 0 Å². The summed E-state index contributed by atoms with van der Waals surface area (Å²) in [5.74, 6) is 0.530. The van der Waals surface area contributed by atoms with Crippen molar-refractivity contribution in [2.75, 3.05) is 26.4 Å². The number of likely N-dealkylation sites (N-methyl/N-ethyl adjacent to an activating group) is 1. The molecule has 2 rings (SSSR count). The van der Waals surface area contributed by atoms with Crippen molar-refractivity contribution in [3.8, 4) is 11.5 Å². The molecule has 0 bridgehead atoms. The van der Waals surface area contributed by atoms with Gasteiger partial charge in [0.2, 0.25) is 0 Å². The lowest BCUT2D eigenvalue weighted by Crippen LogP contribution is -2.27. The number of ether oxygens (including phenoxy) is 1. The lowest BCUT2D eigenvalue weighted by Gasteiger charge is -2.27. The van der Waals surface area contributed by atoms with E-state index in [0.29, 0.717) is 11.4 Å². The molecule has 0 unspecified atom stereocenters. The Morgan fingerprint density at radius 1 is 1.53 bits per heavy atom. The molecular formula is C11H16N2O2. The monoisotopic (exact) mass is 208 g/mol. The van der Waals surface area contributed by atoms with Crippen molar-refractivity contribution in [2.24, 2.45) is 0 Å². The van der Waals surface area contributed by atoms with Crippen LogP contribution in [0.3, 0.4) is 0 Å². The molecule has 1 aliphatic rings. The van der Waals surface area contributed by atoms with Gasteiger partial charge in [0.1, 0.15) is 0 Å². The van der Waals surface area contributed by atoms with Gasteiger partial charge in [-0.15, -0.1) is 0 Å². The molecule has 0 aromatic heterocycles. The molecule has 0 fully saturated rings. The lowest BCUT2D eigenvalue weighted by molar-refractivity contribution is 0.310. The topological polar surface area (TPSA) is 58.7 Å². The summed E-state index contributed by atoms with van der Waals surface area (Å²) in [6.45, 7) is 1.80. The minimum Gasteiger partial charge on any atom is -0.503 e. The van der Waals surface area contributed by atoms with E-state index >= 15 is 0 Å². The summed E-state index contributed by atoms with van der Waals surface area (Å²) < 4.78 is 5.08. The molecule has 0 spiro atoms. The number of anilines is 1. The van der Waals surface area contributed by atoms with Gasteiger partial charge in [-0.3, -0.25) is 0 Å². The molecule has 15 heavy (non-hydrogen) atoms. The summed E-state index contributed by atoms with van der Waals surface area (Å²) in [7, 11) is 3.58. The number of nitrogen functional groups attached to an aromatic ring is 1. The Hall–Kier alpha value is -1.42. The van der Waals surface area contributed by atoms with Crippen molar-refractivity contribution >= 4 is 5.69 Å². The Balaban J connectivity index is 2.53. The number of nitrogens with zero attached hydrogens (tertiary/aromatic N) is 1. The highest BCUT2D eigenvalue weighted by molar-refractivity contribution is 5.67. The Kier molecular flexibility index (Phi) is 2.44. The van der Waals surface area contributed by atoms with Gasteiger partial charge in [0.05, 0.1) is 12.8 Å². The van der Waals surface area contributed by atoms with Gasteiger partial charge in [0, 0.05) is 13.1 Å². The Morgan fingerprint density at radius 3 is 2.93 bits per heavy atom. The predicted molar refractivity (Wildman–Crippen MR) is 59.1 cm³/mol. The molecule has 1 aromatic carbocycles. The zero-order chi connectivity index (χ0) is 11.0. The fraction of sp³-hybridized carbons (Fsp3) is 0.455. The number of hydrogen-bond donors (Lipinski definition) is 2. The first-order valence-electron chi connectivity index (χ1n) is 4.99. The van der Waals surface area contributed by atoms with Gasteiger partial charge in [-0.05, 0) is 30.7 Å². The number of phenolic OH excluding ortho intramolecular Hbond substituents is 1. The van der Waals surface area contributed by atoms with Gasteiger partial charge >= 0.3 is 0 Å². The second-order valence-electron chi connectivity index (χ2n) is 3.97. The molecule has 0 radical (unpaired) electrons. The SMILES string of the molecule is COc1cc2c(c(N)c1O)CN(C)CC2. The molecule has 1 aromatic rings. The Bertz CT molecular complexity index is 391. The van der Waals surface area contributed by atoms with Crippen LogP contribution in [0.4, 0.5) is 5.69 Å². The highest BCUT2D eigenvalue weighted by Crippen LogP contribution is 2.39. The number of rotatable bonds is 1. The number of fused-ring (bicyclic) bond motifs is 1. The summed E-state index contributed by atoms with van der Waals surface area (Å²) in [5.41, 5.74) is 8.55. The number of hydrogen-bond acceptors (Lipinski definition) is 4. The van der Waals surface area contributed by atoms with Crippen molar-refractivity contribution in [3.05, 3.63) is 17.2 Å². The largest absolute Gasteiger partial charge is 0.503 e. The van der Waals surface area contributed by atoms with Gasteiger partial charge < -0.3 is 20.5 Å². The van der Waals surface area contributed by atoms with Crippen LogP contribution in [0.15, 0.2) is 6.07 Å². The maximum atomic E-state index is 9.77. The fourth-order valence-corrected chi connectivity index (χ4v) is 1.99. The first-order chi connectivity index (χ1) is 7.13. The quantitative estimate of drug-likeness (QED) is 0.533. The minimum atomic E-state index is 0.0616.